The minimum atomic E-state index is 0.329. The Kier molecular flexibility index (Phi) is 8.07. The van der Waals surface area contributed by atoms with Gasteiger partial charge in [-0.05, 0) is 43.5 Å². The molecule has 0 saturated carbocycles. The molecule has 0 saturated heterocycles. The van der Waals surface area contributed by atoms with E-state index in [0.29, 0.717) is 18.7 Å². The highest BCUT2D eigenvalue weighted by molar-refractivity contribution is 6.30. The summed E-state index contributed by atoms with van der Waals surface area (Å²) in [6, 6.07) is 8.70. The fourth-order valence-corrected chi connectivity index (χ4v) is 2.34. The lowest BCUT2D eigenvalue weighted by Crippen LogP contribution is -2.36. The topological polar surface area (TPSA) is 47.3 Å². The van der Waals surface area contributed by atoms with Gasteiger partial charge in [-0.2, -0.15) is 0 Å². The van der Waals surface area contributed by atoms with Crippen molar-refractivity contribution in [3.05, 3.63) is 34.9 Å². The largest absolute Gasteiger partial charge is 0.383 e. The predicted octanol–water partition coefficient (Wildman–Crippen LogP) is 3.13. The van der Waals surface area contributed by atoms with Crippen LogP contribution in [0.15, 0.2) is 24.3 Å². The van der Waals surface area contributed by atoms with Gasteiger partial charge in [-0.1, -0.05) is 30.7 Å². The average molecular weight is 285 g/mol. The van der Waals surface area contributed by atoms with Crippen LogP contribution in [0, 0.1) is 0 Å². The Morgan fingerprint density at radius 1 is 1.32 bits per heavy atom. The molecular weight excluding hydrogens is 260 g/mol. The van der Waals surface area contributed by atoms with Crippen LogP contribution < -0.4 is 11.1 Å². The summed E-state index contributed by atoms with van der Waals surface area (Å²) in [6.07, 6.45) is 3.08. The van der Waals surface area contributed by atoms with Crippen molar-refractivity contribution >= 4 is 11.6 Å². The molecule has 0 aliphatic rings. The summed E-state index contributed by atoms with van der Waals surface area (Å²) in [4.78, 5) is 0. The zero-order valence-electron chi connectivity index (χ0n) is 11.9. The maximum atomic E-state index is 5.93. The minimum absolute atomic E-state index is 0.329. The molecular formula is C15H25ClN2O. The van der Waals surface area contributed by atoms with Crippen molar-refractivity contribution in [1.82, 2.24) is 5.32 Å². The van der Waals surface area contributed by atoms with E-state index in [-0.39, 0.29) is 0 Å². The molecule has 2 unspecified atom stereocenters. The van der Waals surface area contributed by atoms with Crippen LogP contribution in [0.25, 0.3) is 0 Å². The van der Waals surface area contributed by atoms with Crippen molar-refractivity contribution in [3.8, 4) is 0 Å². The van der Waals surface area contributed by atoms with Crippen molar-refractivity contribution in [3.63, 3.8) is 0 Å². The number of benzene rings is 1. The van der Waals surface area contributed by atoms with E-state index < -0.39 is 0 Å². The third kappa shape index (κ3) is 5.91. The predicted molar refractivity (Wildman–Crippen MR) is 81.6 cm³/mol. The smallest absolute Gasteiger partial charge is 0.0616 e. The quantitative estimate of drug-likeness (QED) is 0.732. The first-order valence-corrected chi connectivity index (χ1v) is 7.29. The Labute approximate surface area is 121 Å². The number of nitrogens with two attached hydrogens (primary N) is 1. The maximum absolute atomic E-state index is 5.93. The van der Waals surface area contributed by atoms with Crippen molar-refractivity contribution < 1.29 is 4.74 Å². The fourth-order valence-electron chi connectivity index (χ4n) is 2.21. The molecule has 0 spiro atoms. The Balaban J connectivity index is 2.64. The van der Waals surface area contributed by atoms with Gasteiger partial charge in [0.1, 0.15) is 0 Å². The van der Waals surface area contributed by atoms with Gasteiger partial charge < -0.3 is 15.8 Å². The van der Waals surface area contributed by atoms with E-state index in [9.17, 15) is 0 Å². The second kappa shape index (κ2) is 9.32. The summed E-state index contributed by atoms with van der Waals surface area (Å²) in [5, 5.41) is 4.42. The van der Waals surface area contributed by atoms with Crippen molar-refractivity contribution in [2.24, 2.45) is 5.73 Å². The van der Waals surface area contributed by atoms with Crippen molar-refractivity contribution in [2.45, 2.75) is 38.3 Å². The van der Waals surface area contributed by atoms with Gasteiger partial charge >= 0.3 is 0 Å². The highest BCUT2D eigenvalue weighted by atomic mass is 35.5. The van der Waals surface area contributed by atoms with Crippen LogP contribution >= 0.6 is 11.6 Å². The van der Waals surface area contributed by atoms with Crippen LogP contribution in [0.5, 0.6) is 0 Å². The van der Waals surface area contributed by atoms with Gasteiger partial charge in [-0.15, -0.1) is 0 Å². The van der Waals surface area contributed by atoms with Crippen molar-refractivity contribution in [1.29, 1.82) is 0 Å². The molecule has 0 fully saturated rings. The molecule has 0 bridgehead atoms. The van der Waals surface area contributed by atoms with E-state index in [1.165, 1.54) is 5.56 Å². The van der Waals surface area contributed by atoms with E-state index in [1.54, 1.807) is 7.11 Å². The summed E-state index contributed by atoms with van der Waals surface area (Å²) in [5.74, 6) is 0. The molecule has 0 radical (unpaired) electrons. The second-order valence-electron chi connectivity index (χ2n) is 4.76. The lowest BCUT2D eigenvalue weighted by molar-refractivity contribution is 0.155. The number of rotatable bonds is 9. The normalized spacial score (nSPS) is 14.3. The third-order valence-corrected chi connectivity index (χ3v) is 3.49. The number of ether oxygens (including phenoxy) is 1. The summed E-state index contributed by atoms with van der Waals surface area (Å²) in [6.45, 7) is 3.61. The van der Waals surface area contributed by atoms with E-state index >= 15 is 0 Å². The molecule has 0 aromatic heterocycles. The molecule has 19 heavy (non-hydrogen) atoms. The van der Waals surface area contributed by atoms with Crippen LogP contribution in [0.2, 0.25) is 5.02 Å². The van der Waals surface area contributed by atoms with Gasteiger partial charge in [0.05, 0.1) is 6.61 Å². The molecule has 4 heteroatoms. The molecule has 3 N–H and O–H groups in total. The second-order valence-corrected chi connectivity index (χ2v) is 5.20. The maximum Gasteiger partial charge on any atom is 0.0616 e. The highest BCUT2D eigenvalue weighted by Crippen LogP contribution is 2.20. The monoisotopic (exact) mass is 284 g/mol. The average Bonchev–Trinajstić information content (AvgIpc) is 2.43. The Bertz CT molecular complexity index is 343. The number of hydrogen-bond donors (Lipinski definition) is 2. The highest BCUT2D eigenvalue weighted by Gasteiger charge is 2.15. The standard InChI is InChI=1S/C15H25ClN2O/c1-3-15(12-6-8-13(16)9-7-12)18-14(11-19-2)5-4-10-17/h6-9,14-15,18H,3-5,10-11,17H2,1-2H3. The van der Waals surface area contributed by atoms with Gasteiger partial charge in [-0.3, -0.25) is 0 Å². The van der Waals surface area contributed by atoms with Crippen molar-refractivity contribution in [2.75, 3.05) is 20.3 Å². The van der Waals surface area contributed by atoms with Gasteiger partial charge in [0.2, 0.25) is 0 Å². The molecule has 0 heterocycles. The van der Waals surface area contributed by atoms with E-state index in [4.69, 9.17) is 22.1 Å². The number of nitrogens with one attached hydrogen (secondary N) is 1. The van der Waals surface area contributed by atoms with Gasteiger partial charge in [0, 0.05) is 24.2 Å². The summed E-state index contributed by atoms with van der Waals surface area (Å²) >= 11 is 5.93. The lowest BCUT2D eigenvalue weighted by Gasteiger charge is -2.25. The molecule has 0 aliphatic carbocycles. The van der Waals surface area contributed by atoms with Crippen LogP contribution in [0.4, 0.5) is 0 Å². The lowest BCUT2D eigenvalue weighted by atomic mass is 10.0. The van der Waals surface area contributed by atoms with Gasteiger partial charge in [-0.25, -0.2) is 0 Å². The molecule has 1 rings (SSSR count). The third-order valence-electron chi connectivity index (χ3n) is 3.24. The zero-order chi connectivity index (χ0) is 14.1. The van der Waals surface area contributed by atoms with Crippen LogP contribution in [-0.2, 0) is 4.74 Å². The Morgan fingerprint density at radius 2 is 2.00 bits per heavy atom. The van der Waals surface area contributed by atoms with Crippen LogP contribution in [0.1, 0.15) is 37.8 Å². The summed E-state index contributed by atoms with van der Waals surface area (Å²) in [5.41, 5.74) is 6.85. The van der Waals surface area contributed by atoms with Crippen LogP contribution in [-0.4, -0.2) is 26.3 Å². The Hall–Kier alpha value is -0.610. The molecule has 0 amide bonds. The minimum Gasteiger partial charge on any atom is -0.383 e. The molecule has 2 atom stereocenters. The van der Waals surface area contributed by atoms with Crippen LogP contribution in [0.3, 0.4) is 0 Å². The first-order chi connectivity index (χ1) is 9.21. The molecule has 1 aromatic carbocycles. The summed E-state index contributed by atoms with van der Waals surface area (Å²) < 4.78 is 5.28. The fraction of sp³-hybridized carbons (Fsp3) is 0.600. The Morgan fingerprint density at radius 3 is 2.53 bits per heavy atom. The van der Waals surface area contributed by atoms with E-state index in [2.05, 4.69) is 24.4 Å². The number of hydrogen-bond acceptors (Lipinski definition) is 3. The van der Waals surface area contributed by atoms with E-state index in [1.807, 2.05) is 12.1 Å². The van der Waals surface area contributed by atoms with E-state index in [0.717, 1.165) is 30.8 Å². The SMILES string of the molecule is CCC(NC(CCCN)COC)c1ccc(Cl)cc1. The molecule has 108 valence electrons. The summed E-state index contributed by atoms with van der Waals surface area (Å²) in [7, 11) is 1.74. The number of methoxy groups -OCH3 is 1. The zero-order valence-corrected chi connectivity index (χ0v) is 12.6. The first kappa shape index (κ1) is 16.4. The molecule has 3 nitrogen and oxygen atoms in total. The van der Waals surface area contributed by atoms with Gasteiger partial charge in [0.15, 0.2) is 0 Å². The first-order valence-electron chi connectivity index (χ1n) is 6.91. The molecule has 1 aromatic rings. The van der Waals surface area contributed by atoms with Gasteiger partial charge in [0.25, 0.3) is 0 Å². The number of halogens is 1. The molecule has 0 aliphatic heterocycles.